The van der Waals surface area contributed by atoms with Gasteiger partial charge in [-0.05, 0) is 50.6 Å². The molecule has 1 aliphatic rings. The molecule has 0 spiro atoms. The van der Waals surface area contributed by atoms with E-state index in [1.165, 1.54) is 0 Å². The van der Waals surface area contributed by atoms with Gasteiger partial charge in [-0.15, -0.1) is 0 Å². The lowest BCUT2D eigenvalue weighted by molar-refractivity contribution is 0.0715. The third-order valence-corrected chi connectivity index (χ3v) is 5.56. The lowest BCUT2D eigenvalue weighted by Crippen LogP contribution is -2.37. The second-order valence-corrected chi connectivity index (χ2v) is 7.92. The molecule has 0 atom stereocenters. The van der Waals surface area contributed by atoms with E-state index in [1.54, 1.807) is 51.1 Å². The van der Waals surface area contributed by atoms with Crippen molar-refractivity contribution in [3.8, 4) is 5.82 Å². The normalized spacial score (nSPS) is 14.4. The fraction of sp³-hybridized carbons (Fsp3) is 0.318. The Kier molecular flexibility index (Phi) is 5.99. The van der Waals surface area contributed by atoms with Crippen LogP contribution in [0.25, 0.3) is 5.82 Å². The van der Waals surface area contributed by atoms with Gasteiger partial charge in [0.2, 0.25) is 0 Å². The number of aromatic nitrogens is 4. The molecule has 9 heteroatoms. The second-order valence-electron chi connectivity index (χ2n) is 7.51. The van der Waals surface area contributed by atoms with E-state index in [2.05, 4.69) is 15.1 Å². The largest absolute Gasteiger partial charge is 0.337 e. The molecular formula is C22H23ClN6O2. The lowest BCUT2D eigenvalue weighted by atomic mass is 10.2. The van der Waals surface area contributed by atoms with Crippen LogP contribution in [-0.4, -0.2) is 67.5 Å². The van der Waals surface area contributed by atoms with Crippen molar-refractivity contribution in [3.05, 3.63) is 70.4 Å². The molecule has 0 radical (unpaired) electrons. The number of nitrogens with zero attached hydrogens (tertiary/aromatic N) is 6. The van der Waals surface area contributed by atoms with E-state index >= 15 is 0 Å². The Morgan fingerprint density at radius 2 is 1.61 bits per heavy atom. The second kappa shape index (κ2) is 8.85. The highest BCUT2D eigenvalue weighted by atomic mass is 35.5. The summed E-state index contributed by atoms with van der Waals surface area (Å²) < 4.78 is 1.69. The number of halogens is 1. The van der Waals surface area contributed by atoms with Gasteiger partial charge in [0.1, 0.15) is 5.69 Å². The fourth-order valence-electron chi connectivity index (χ4n) is 3.71. The first kappa shape index (κ1) is 21.0. The highest BCUT2D eigenvalue weighted by Gasteiger charge is 2.26. The van der Waals surface area contributed by atoms with Crippen molar-refractivity contribution in [2.24, 2.45) is 0 Å². The van der Waals surface area contributed by atoms with E-state index in [4.69, 9.17) is 11.6 Å². The Balaban J connectivity index is 1.51. The number of aryl methyl sites for hydroxylation is 2. The van der Waals surface area contributed by atoms with Gasteiger partial charge in [-0.3, -0.25) is 14.6 Å². The molecular weight excluding hydrogens is 416 g/mol. The molecule has 160 valence electrons. The number of rotatable bonds is 3. The van der Waals surface area contributed by atoms with Crippen LogP contribution in [0.2, 0.25) is 5.02 Å². The number of hydrogen-bond acceptors (Lipinski definition) is 5. The first-order valence-corrected chi connectivity index (χ1v) is 10.5. The van der Waals surface area contributed by atoms with Gasteiger partial charge in [0.15, 0.2) is 5.82 Å². The third kappa shape index (κ3) is 4.44. The average molecular weight is 439 g/mol. The number of pyridine rings is 2. The highest BCUT2D eigenvalue weighted by molar-refractivity contribution is 6.33. The van der Waals surface area contributed by atoms with E-state index in [0.29, 0.717) is 49.0 Å². The Bertz CT molecular complexity index is 1110. The van der Waals surface area contributed by atoms with Crippen molar-refractivity contribution in [3.63, 3.8) is 0 Å². The van der Waals surface area contributed by atoms with Crippen LogP contribution < -0.4 is 0 Å². The zero-order valence-corrected chi connectivity index (χ0v) is 18.2. The molecule has 4 heterocycles. The lowest BCUT2D eigenvalue weighted by Gasteiger charge is -2.22. The average Bonchev–Trinajstić information content (AvgIpc) is 2.97. The summed E-state index contributed by atoms with van der Waals surface area (Å²) >= 11 is 6.33. The summed E-state index contributed by atoms with van der Waals surface area (Å²) in [6.45, 7) is 5.81. The summed E-state index contributed by atoms with van der Waals surface area (Å²) in [5.74, 6) is 0.244. The van der Waals surface area contributed by atoms with Crippen LogP contribution >= 0.6 is 11.6 Å². The van der Waals surface area contributed by atoms with Gasteiger partial charge in [0.25, 0.3) is 11.8 Å². The molecule has 3 aromatic rings. The van der Waals surface area contributed by atoms with Crippen LogP contribution in [-0.2, 0) is 0 Å². The third-order valence-electron chi connectivity index (χ3n) is 5.26. The van der Waals surface area contributed by atoms with Gasteiger partial charge in [0, 0.05) is 49.8 Å². The predicted molar refractivity (Wildman–Crippen MR) is 117 cm³/mol. The minimum absolute atomic E-state index is 0.0561. The minimum atomic E-state index is -0.244. The van der Waals surface area contributed by atoms with Crippen molar-refractivity contribution in [2.45, 2.75) is 20.3 Å². The molecule has 0 saturated carbocycles. The minimum Gasteiger partial charge on any atom is -0.337 e. The topological polar surface area (TPSA) is 84.2 Å². The summed E-state index contributed by atoms with van der Waals surface area (Å²) in [6.07, 6.45) is 3.88. The molecule has 0 N–H and O–H groups in total. The van der Waals surface area contributed by atoms with Crippen LogP contribution in [0.1, 0.15) is 38.7 Å². The van der Waals surface area contributed by atoms with E-state index in [9.17, 15) is 9.59 Å². The van der Waals surface area contributed by atoms with Crippen molar-refractivity contribution >= 4 is 23.4 Å². The first-order chi connectivity index (χ1) is 14.9. The van der Waals surface area contributed by atoms with Gasteiger partial charge in [-0.25, -0.2) is 9.67 Å². The Morgan fingerprint density at radius 3 is 2.26 bits per heavy atom. The van der Waals surface area contributed by atoms with Gasteiger partial charge in [-0.2, -0.15) is 5.10 Å². The number of hydrogen-bond donors (Lipinski definition) is 0. The van der Waals surface area contributed by atoms with Gasteiger partial charge in [0.05, 0.1) is 10.7 Å². The molecule has 0 bridgehead atoms. The maximum Gasteiger partial charge on any atom is 0.274 e. The summed E-state index contributed by atoms with van der Waals surface area (Å²) in [7, 11) is 0. The van der Waals surface area contributed by atoms with Crippen LogP contribution in [0, 0.1) is 13.8 Å². The summed E-state index contributed by atoms with van der Waals surface area (Å²) in [4.78, 5) is 37.9. The first-order valence-electron chi connectivity index (χ1n) is 10.1. The van der Waals surface area contributed by atoms with Crippen molar-refractivity contribution in [1.82, 2.24) is 29.5 Å². The Hall–Kier alpha value is -3.26. The van der Waals surface area contributed by atoms with E-state index in [1.807, 2.05) is 19.9 Å². The zero-order valence-electron chi connectivity index (χ0n) is 17.5. The number of carbonyl (C=O) groups is 2. The molecule has 2 amide bonds. The van der Waals surface area contributed by atoms with Gasteiger partial charge in [-0.1, -0.05) is 11.6 Å². The molecule has 0 aliphatic carbocycles. The summed E-state index contributed by atoms with van der Waals surface area (Å²) in [6, 6.07) is 8.76. The molecule has 1 fully saturated rings. The van der Waals surface area contributed by atoms with Crippen molar-refractivity contribution < 1.29 is 9.59 Å². The fourth-order valence-corrected chi connectivity index (χ4v) is 3.90. The molecule has 1 aliphatic heterocycles. The van der Waals surface area contributed by atoms with E-state index < -0.39 is 0 Å². The maximum absolute atomic E-state index is 13.2. The maximum atomic E-state index is 13.2. The number of carbonyl (C=O) groups excluding carboxylic acids is 2. The van der Waals surface area contributed by atoms with Crippen LogP contribution in [0.5, 0.6) is 0 Å². The predicted octanol–water partition coefficient (Wildman–Crippen LogP) is 2.92. The monoisotopic (exact) mass is 438 g/mol. The van der Waals surface area contributed by atoms with Crippen molar-refractivity contribution in [2.75, 3.05) is 26.2 Å². The number of amides is 2. The Morgan fingerprint density at radius 1 is 0.935 bits per heavy atom. The molecule has 3 aromatic heterocycles. The zero-order chi connectivity index (χ0) is 22.0. The molecule has 8 nitrogen and oxygen atoms in total. The molecule has 31 heavy (non-hydrogen) atoms. The molecule has 4 rings (SSSR count). The van der Waals surface area contributed by atoms with Crippen LogP contribution in [0.4, 0.5) is 0 Å². The SMILES string of the molecule is Cc1cc(C)n(-c2ccc(Cl)c(C(=O)N3CCCN(C(=O)c4ccncc4)CC3)n2)n1. The summed E-state index contributed by atoms with van der Waals surface area (Å²) in [5, 5.41) is 4.73. The van der Waals surface area contributed by atoms with Crippen molar-refractivity contribution in [1.29, 1.82) is 0 Å². The van der Waals surface area contributed by atoms with Crippen LogP contribution in [0.3, 0.4) is 0 Å². The van der Waals surface area contributed by atoms with Crippen LogP contribution in [0.15, 0.2) is 42.7 Å². The summed E-state index contributed by atoms with van der Waals surface area (Å²) in [5.41, 5.74) is 2.58. The standard InChI is InChI=1S/C22H23ClN6O2/c1-15-14-16(2)29(26-15)19-5-4-18(23)20(25-19)22(31)28-11-3-10-27(12-13-28)21(30)17-6-8-24-9-7-17/h4-9,14H,3,10-13H2,1-2H3. The smallest absolute Gasteiger partial charge is 0.274 e. The van der Waals surface area contributed by atoms with E-state index in [0.717, 1.165) is 11.4 Å². The quantitative estimate of drug-likeness (QED) is 0.627. The molecule has 0 unspecified atom stereocenters. The van der Waals surface area contributed by atoms with E-state index in [-0.39, 0.29) is 17.5 Å². The molecule has 1 saturated heterocycles. The van der Waals surface area contributed by atoms with Gasteiger partial charge < -0.3 is 9.80 Å². The Labute approximate surface area is 185 Å². The molecule has 0 aromatic carbocycles. The van der Waals surface area contributed by atoms with Gasteiger partial charge >= 0.3 is 0 Å². The highest BCUT2D eigenvalue weighted by Crippen LogP contribution is 2.20.